The molecule has 0 N–H and O–H groups in total. The fourth-order valence-electron chi connectivity index (χ4n) is 1.64. The second-order valence-corrected chi connectivity index (χ2v) is 7.75. The molecule has 0 radical (unpaired) electrons. The number of halogens is 1. The van der Waals surface area contributed by atoms with Crippen LogP contribution in [0.25, 0.3) is 0 Å². The van der Waals surface area contributed by atoms with Gasteiger partial charge < -0.3 is 14.0 Å². The van der Waals surface area contributed by atoms with E-state index in [1.54, 1.807) is 20.4 Å². The van der Waals surface area contributed by atoms with Gasteiger partial charge in [0.1, 0.15) is 16.1 Å². The summed E-state index contributed by atoms with van der Waals surface area (Å²) in [7, 11) is 3.16. The van der Waals surface area contributed by atoms with Gasteiger partial charge in [-0.15, -0.1) is 11.6 Å². The standard InChI is InChI=1S/C15H22ClNO3S/c1-15(2,3)21(18)17-10-12-9-14(20-5)13(19-4)8-11(12)6-7-16/h8-10H,6-7H2,1-5H3/b17-10+. The first-order valence-corrected chi connectivity index (χ1v) is 8.24. The molecule has 0 heterocycles. The minimum atomic E-state index is -1.30. The Bertz CT molecular complexity index is 500. The van der Waals surface area contributed by atoms with Crippen LogP contribution >= 0.6 is 11.6 Å². The van der Waals surface area contributed by atoms with E-state index in [1.807, 2.05) is 32.9 Å². The van der Waals surface area contributed by atoms with Gasteiger partial charge in [-0.25, -0.2) is 0 Å². The van der Waals surface area contributed by atoms with E-state index in [-0.39, 0.29) is 4.75 Å². The monoisotopic (exact) mass is 331 g/mol. The number of methoxy groups -OCH3 is 2. The molecule has 0 saturated carbocycles. The minimum Gasteiger partial charge on any atom is -0.591 e. The molecule has 4 nitrogen and oxygen atoms in total. The summed E-state index contributed by atoms with van der Waals surface area (Å²) >= 11 is 4.53. The van der Waals surface area contributed by atoms with E-state index in [4.69, 9.17) is 21.1 Å². The van der Waals surface area contributed by atoms with Crippen LogP contribution in [0.2, 0.25) is 0 Å². The number of rotatable bonds is 6. The van der Waals surface area contributed by atoms with Gasteiger partial charge in [0.15, 0.2) is 11.5 Å². The van der Waals surface area contributed by atoms with Gasteiger partial charge >= 0.3 is 0 Å². The summed E-state index contributed by atoms with van der Waals surface area (Å²) in [6.07, 6.45) is 2.29. The highest BCUT2D eigenvalue weighted by Crippen LogP contribution is 2.30. The van der Waals surface area contributed by atoms with Gasteiger partial charge in [0.25, 0.3) is 0 Å². The Morgan fingerprint density at radius 1 is 1.24 bits per heavy atom. The van der Waals surface area contributed by atoms with Crippen molar-refractivity contribution in [2.75, 3.05) is 20.1 Å². The largest absolute Gasteiger partial charge is 0.591 e. The molecule has 0 amide bonds. The predicted molar refractivity (Wildman–Crippen MR) is 89.5 cm³/mol. The molecular weight excluding hydrogens is 310 g/mol. The number of alkyl halides is 1. The first kappa shape index (κ1) is 18.1. The zero-order valence-electron chi connectivity index (χ0n) is 13.1. The number of hydrogen-bond acceptors (Lipinski definition) is 4. The molecule has 0 aliphatic heterocycles. The maximum Gasteiger partial charge on any atom is 0.161 e. The first-order chi connectivity index (χ1) is 9.83. The van der Waals surface area contributed by atoms with Crippen LogP contribution in [0.1, 0.15) is 31.9 Å². The molecule has 118 valence electrons. The molecular formula is C15H22ClNO3S. The SMILES string of the molecule is COc1cc(/C=N/[S+]([O-])C(C)(C)C)c(CCCl)cc1OC. The van der Waals surface area contributed by atoms with E-state index >= 15 is 0 Å². The van der Waals surface area contributed by atoms with Gasteiger partial charge in [-0.05, 0) is 44.9 Å². The van der Waals surface area contributed by atoms with Gasteiger partial charge in [-0.2, -0.15) is 0 Å². The van der Waals surface area contributed by atoms with Crippen molar-refractivity contribution in [3.05, 3.63) is 23.3 Å². The van der Waals surface area contributed by atoms with Gasteiger partial charge in [0.05, 0.1) is 20.4 Å². The summed E-state index contributed by atoms with van der Waals surface area (Å²) in [6, 6.07) is 3.70. The van der Waals surface area contributed by atoms with Crippen molar-refractivity contribution in [3.8, 4) is 11.5 Å². The van der Waals surface area contributed by atoms with Crippen molar-refractivity contribution in [1.29, 1.82) is 0 Å². The molecule has 0 fully saturated rings. The van der Waals surface area contributed by atoms with Crippen molar-refractivity contribution in [2.45, 2.75) is 31.9 Å². The zero-order chi connectivity index (χ0) is 16.0. The zero-order valence-corrected chi connectivity index (χ0v) is 14.7. The molecule has 0 bridgehead atoms. The molecule has 0 aliphatic rings. The smallest absolute Gasteiger partial charge is 0.161 e. The van der Waals surface area contributed by atoms with Crippen LogP contribution in [0.4, 0.5) is 0 Å². The van der Waals surface area contributed by atoms with Crippen molar-refractivity contribution >= 4 is 29.2 Å². The Morgan fingerprint density at radius 2 is 1.81 bits per heavy atom. The van der Waals surface area contributed by atoms with Crippen LogP contribution in [0.15, 0.2) is 16.5 Å². The Labute approximate surface area is 134 Å². The third-order valence-electron chi connectivity index (χ3n) is 2.82. The van der Waals surface area contributed by atoms with Crippen LogP contribution in [-0.4, -0.2) is 35.6 Å². The molecule has 0 saturated heterocycles. The average Bonchev–Trinajstić information content (AvgIpc) is 2.44. The fourth-order valence-corrected chi connectivity index (χ4v) is 2.37. The summed E-state index contributed by atoms with van der Waals surface area (Å²) in [6.45, 7) is 5.65. The van der Waals surface area contributed by atoms with Crippen LogP contribution in [-0.2, 0) is 17.8 Å². The molecule has 1 unspecified atom stereocenters. The van der Waals surface area contributed by atoms with E-state index in [0.29, 0.717) is 23.8 Å². The molecule has 0 aliphatic carbocycles. The lowest BCUT2D eigenvalue weighted by atomic mass is 10.0. The highest BCUT2D eigenvalue weighted by Gasteiger charge is 2.26. The average molecular weight is 332 g/mol. The second-order valence-electron chi connectivity index (χ2n) is 5.44. The van der Waals surface area contributed by atoms with Gasteiger partial charge in [0.2, 0.25) is 0 Å². The van der Waals surface area contributed by atoms with Gasteiger partial charge in [-0.1, -0.05) is 4.40 Å². The van der Waals surface area contributed by atoms with Crippen molar-refractivity contribution < 1.29 is 14.0 Å². The summed E-state index contributed by atoms with van der Waals surface area (Å²) in [4.78, 5) is 0. The lowest BCUT2D eigenvalue weighted by Gasteiger charge is -2.18. The Hall–Kier alpha value is -0.910. The topological polar surface area (TPSA) is 53.9 Å². The van der Waals surface area contributed by atoms with E-state index in [9.17, 15) is 4.55 Å². The summed E-state index contributed by atoms with van der Waals surface area (Å²) in [5.41, 5.74) is 1.82. The fraction of sp³-hybridized carbons (Fsp3) is 0.533. The Kier molecular flexibility index (Phi) is 6.84. The third-order valence-corrected chi connectivity index (χ3v) is 4.35. The highest BCUT2D eigenvalue weighted by atomic mass is 35.5. The number of ether oxygens (including phenoxy) is 2. The lowest BCUT2D eigenvalue weighted by molar-refractivity contribution is 0.354. The highest BCUT2D eigenvalue weighted by molar-refractivity contribution is 7.91. The van der Waals surface area contributed by atoms with Gasteiger partial charge in [-0.3, -0.25) is 0 Å². The normalized spacial score (nSPS) is 13.5. The van der Waals surface area contributed by atoms with E-state index in [2.05, 4.69) is 4.40 Å². The van der Waals surface area contributed by atoms with Crippen molar-refractivity contribution in [2.24, 2.45) is 4.40 Å². The van der Waals surface area contributed by atoms with Gasteiger partial charge in [0, 0.05) is 11.4 Å². The molecule has 0 spiro atoms. The third kappa shape index (κ3) is 5.09. The number of aryl methyl sites for hydroxylation is 1. The van der Waals surface area contributed by atoms with Crippen molar-refractivity contribution in [3.63, 3.8) is 0 Å². The van der Waals surface area contributed by atoms with Crippen LogP contribution in [0, 0.1) is 0 Å². The van der Waals surface area contributed by atoms with Crippen molar-refractivity contribution in [1.82, 2.24) is 0 Å². The van der Waals surface area contributed by atoms with Crippen LogP contribution < -0.4 is 9.47 Å². The molecule has 1 atom stereocenters. The quantitative estimate of drug-likeness (QED) is 0.456. The predicted octanol–water partition coefficient (Wildman–Crippen LogP) is 3.37. The summed E-state index contributed by atoms with van der Waals surface area (Å²) < 4.78 is 26.3. The first-order valence-electron chi connectivity index (χ1n) is 6.60. The Morgan fingerprint density at radius 3 is 2.29 bits per heavy atom. The maximum absolute atomic E-state index is 12.0. The van der Waals surface area contributed by atoms with Crippen LogP contribution in [0.5, 0.6) is 11.5 Å². The maximum atomic E-state index is 12.0. The summed E-state index contributed by atoms with van der Waals surface area (Å²) in [5, 5.41) is 0. The molecule has 21 heavy (non-hydrogen) atoms. The molecule has 6 heteroatoms. The molecule has 1 rings (SSSR count). The summed E-state index contributed by atoms with van der Waals surface area (Å²) in [5.74, 6) is 1.74. The number of hydrogen-bond donors (Lipinski definition) is 0. The minimum absolute atomic E-state index is 0.389. The molecule has 1 aromatic rings. The van der Waals surface area contributed by atoms with E-state index in [1.165, 1.54) is 0 Å². The van der Waals surface area contributed by atoms with E-state index < -0.39 is 11.4 Å². The second kappa shape index (κ2) is 7.92. The van der Waals surface area contributed by atoms with E-state index in [0.717, 1.165) is 11.1 Å². The number of nitrogens with zero attached hydrogens (tertiary/aromatic N) is 1. The lowest BCUT2D eigenvalue weighted by Crippen LogP contribution is -2.25. The molecule has 0 aromatic heterocycles. The molecule has 1 aromatic carbocycles. The Balaban J connectivity index is 3.17. The number of benzene rings is 1. The van der Waals surface area contributed by atoms with Crippen LogP contribution in [0.3, 0.4) is 0 Å².